The van der Waals surface area contributed by atoms with Gasteiger partial charge in [0.25, 0.3) is 5.91 Å². The van der Waals surface area contributed by atoms with Gasteiger partial charge in [0.2, 0.25) is 5.91 Å². The fourth-order valence-electron chi connectivity index (χ4n) is 2.44. The van der Waals surface area contributed by atoms with Gasteiger partial charge in [-0.25, -0.2) is 4.39 Å². The highest BCUT2D eigenvalue weighted by Crippen LogP contribution is 2.25. The Hall–Kier alpha value is -4.13. The normalized spacial score (nSPS) is 10.7. The van der Waals surface area contributed by atoms with Gasteiger partial charge in [0.1, 0.15) is 5.82 Å². The summed E-state index contributed by atoms with van der Waals surface area (Å²) in [5.74, 6) is -1.69. The van der Waals surface area contributed by atoms with Gasteiger partial charge in [-0.05, 0) is 72.3 Å². The maximum atomic E-state index is 12.9. The summed E-state index contributed by atoms with van der Waals surface area (Å²) in [6, 6.07) is 15.9. The average Bonchev–Trinajstić information content (AvgIpc) is 2.71. The zero-order valence-corrected chi connectivity index (χ0v) is 15.1. The minimum Gasteiger partial charge on any atom is -0.504 e. The van der Waals surface area contributed by atoms with Crippen LogP contribution >= 0.6 is 0 Å². The van der Waals surface area contributed by atoms with Crippen molar-refractivity contribution in [1.29, 1.82) is 0 Å². The third-order valence-corrected chi connectivity index (χ3v) is 3.94. The third kappa shape index (κ3) is 5.43. The summed E-state index contributed by atoms with van der Waals surface area (Å²) in [4.78, 5) is 24.1. The molecule has 0 unspecified atom stereocenters. The largest absolute Gasteiger partial charge is 0.504 e. The van der Waals surface area contributed by atoms with E-state index in [-0.39, 0.29) is 23.3 Å². The van der Waals surface area contributed by atoms with Gasteiger partial charge in [-0.3, -0.25) is 9.59 Å². The predicted molar refractivity (Wildman–Crippen MR) is 108 cm³/mol. The molecule has 0 bridgehead atoms. The molecule has 2 amide bonds. The first kappa shape index (κ1) is 19.6. The molecule has 0 radical (unpaired) electrons. The van der Waals surface area contributed by atoms with Crippen LogP contribution in [0, 0.1) is 5.82 Å². The van der Waals surface area contributed by atoms with Gasteiger partial charge >= 0.3 is 0 Å². The Morgan fingerprint density at radius 2 is 1.41 bits per heavy atom. The van der Waals surface area contributed by atoms with Gasteiger partial charge in [-0.1, -0.05) is 6.07 Å². The molecule has 7 heteroatoms. The first-order valence-electron chi connectivity index (χ1n) is 8.59. The number of carbonyl (C=O) groups excluding carboxylic acids is 2. The summed E-state index contributed by atoms with van der Waals surface area (Å²) in [5.41, 5.74) is 1.92. The van der Waals surface area contributed by atoms with E-state index >= 15 is 0 Å². The van der Waals surface area contributed by atoms with Crippen molar-refractivity contribution in [2.75, 3.05) is 10.6 Å². The highest BCUT2D eigenvalue weighted by molar-refractivity contribution is 6.05. The smallest absolute Gasteiger partial charge is 0.255 e. The Balaban J connectivity index is 1.57. The maximum absolute atomic E-state index is 12.9. The Morgan fingerprint density at radius 3 is 2.03 bits per heavy atom. The first-order valence-corrected chi connectivity index (χ1v) is 8.59. The second-order valence-corrected chi connectivity index (χ2v) is 6.11. The molecule has 0 aliphatic carbocycles. The molecular weight excluding hydrogens is 375 g/mol. The fourth-order valence-corrected chi connectivity index (χ4v) is 2.44. The third-order valence-electron chi connectivity index (χ3n) is 3.94. The highest BCUT2D eigenvalue weighted by atomic mass is 19.1. The molecule has 0 heterocycles. The number of phenolic OH excluding ortho intramolecular Hbond substituents is 2. The van der Waals surface area contributed by atoms with Crippen LogP contribution in [0.25, 0.3) is 6.08 Å². The lowest BCUT2D eigenvalue weighted by atomic mass is 10.2. The van der Waals surface area contributed by atoms with Crippen LogP contribution in [0.15, 0.2) is 72.8 Å². The van der Waals surface area contributed by atoms with Crippen LogP contribution in [0.1, 0.15) is 15.9 Å². The molecule has 146 valence electrons. The number of amides is 2. The van der Waals surface area contributed by atoms with Crippen molar-refractivity contribution in [3.05, 3.63) is 89.8 Å². The standard InChI is InChI=1S/C22H17FN2O4/c23-16-5-3-15(4-6-16)22(29)25-18-9-7-17(8-10-18)24-21(28)12-2-14-1-11-19(26)20(27)13-14/h1-13,26-27H,(H,24,28)(H,25,29)/b12-2+. The van der Waals surface area contributed by atoms with E-state index in [1.807, 2.05) is 0 Å². The maximum Gasteiger partial charge on any atom is 0.255 e. The Labute approximate surface area is 165 Å². The molecule has 0 aliphatic rings. The molecule has 4 N–H and O–H groups in total. The van der Waals surface area contributed by atoms with Crippen molar-refractivity contribution >= 4 is 29.3 Å². The minimum atomic E-state index is -0.419. The van der Waals surface area contributed by atoms with Crippen LogP contribution < -0.4 is 10.6 Å². The van der Waals surface area contributed by atoms with Gasteiger partial charge in [-0.15, -0.1) is 0 Å². The van der Waals surface area contributed by atoms with E-state index in [0.29, 0.717) is 22.5 Å². The van der Waals surface area contributed by atoms with Crippen LogP contribution in [0.5, 0.6) is 11.5 Å². The van der Waals surface area contributed by atoms with E-state index in [1.54, 1.807) is 30.3 Å². The molecule has 0 aliphatic heterocycles. The number of hydrogen-bond acceptors (Lipinski definition) is 4. The van der Waals surface area contributed by atoms with Crippen molar-refractivity contribution in [2.45, 2.75) is 0 Å². The number of phenols is 2. The minimum absolute atomic E-state index is 0.238. The van der Waals surface area contributed by atoms with Crippen LogP contribution in [0.4, 0.5) is 15.8 Å². The summed E-state index contributed by atoms with van der Waals surface area (Å²) in [5, 5.41) is 24.1. The Morgan fingerprint density at radius 1 is 0.793 bits per heavy atom. The number of nitrogens with one attached hydrogen (secondary N) is 2. The topological polar surface area (TPSA) is 98.7 Å². The van der Waals surface area contributed by atoms with E-state index in [9.17, 15) is 24.2 Å². The van der Waals surface area contributed by atoms with Crippen molar-refractivity contribution in [3.8, 4) is 11.5 Å². The molecule has 6 nitrogen and oxygen atoms in total. The second-order valence-electron chi connectivity index (χ2n) is 6.11. The van der Waals surface area contributed by atoms with Gasteiger partial charge in [-0.2, -0.15) is 0 Å². The van der Waals surface area contributed by atoms with Crippen LogP contribution in [-0.2, 0) is 4.79 Å². The van der Waals surface area contributed by atoms with Gasteiger partial charge in [0.05, 0.1) is 0 Å². The molecule has 0 spiro atoms. The van der Waals surface area contributed by atoms with Gasteiger partial charge in [0, 0.05) is 23.0 Å². The van der Waals surface area contributed by atoms with Crippen molar-refractivity contribution in [1.82, 2.24) is 0 Å². The van der Waals surface area contributed by atoms with Crippen molar-refractivity contribution in [3.63, 3.8) is 0 Å². The molecule has 0 atom stereocenters. The van der Waals surface area contributed by atoms with Crippen LogP contribution in [0.3, 0.4) is 0 Å². The number of benzene rings is 3. The molecule has 0 saturated heterocycles. The van der Waals surface area contributed by atoms with E-state index in [4.69, 9.17) is 0 Å². The molecule has 29 heavy (non-hydrogen) atoms. The highest BCUT2D eigenvalue weighted by Gasteiger charge is 2.06. The molecular formula is C22H17FN2O4. The van der Waals surface area contributed by atoms with E-state index < -0.39 is 5.82 Å². The van der Waals surface area contributed by atoms with Crippen LogP contribution in [0.2, 0.25) is 0 Å². The van der Waals surface area contributed by atoms with Gasteiger partial charge < -0.3 is 20.8 Å². The zero-order valence-electron chi connectivity index (χ0n) is 15.1. The lowest BCUT2D eigenvalue weighted by Crippen LogP contribution is -2.12. The summed E-state index contributed by atoms with van der Waals surface area (Å²) < 4.78 is 12.9. The lowest BCUT2D eigenvalue weighted by molar-refractivity contribution is -0.111. The average molecular weight is 392 g/mol. The Bertz CT molecular complexity index is 1060. The lowest BCUT2D eigenvalue weighted by Gasteiger charge is -2.07. The van der Waals surface area contributed by atoms with Crippen molar-refractivity contribution < 1.29 is 24.2 Å². The van der Waals surface area contributed by atoms with Gasteiger partial charge in [0.15, 0.2) is 11.5 Å². The number of aromatic hydroxyl groups is 2. The molecule has 3 aromatic rings. The van der Waals surface area contributed by atoms with E-state index in [2.05, 4.69) is 10.6 Å². The monoisotopic (exact) mass is 392 g/mol. The number of anilines is 2. The van der Waals surface area contributed by atoms with E-state index in [1.165, 1.54) is 48.6 Å². The zero-order chi connectivity index (χ0) is 20.8. The molecule has 3 rings (SSSR count). The van der Waals surface area contributed by atoms with Crippen LogP contribution in [-0.4, -0.2) is 22.0 Å². The number of hydrogen-bond donors (Lipinski definition) is 4. The van der Waals surface area contributed by atoms with Crippen molar-refractivity contribution in [2.24, 2.45) is 0 Å². The summed E-state index contributed by atoms with van der Waals surface area (Å²) >= 11 is 0. The number of halogens is 1. The molecule has 0 fully saturated rings. The summed E-state index contributed by atoms with van der Waals surface area (Å²) in [6.45, 7) is 0. The number of rotatable bonds is 5. The SMILES string of the molecule is O=C(/C=C/c1ccc(O)c(O)c1)Nc1ccc(NC(=O)c2ccc(F)cc2)cc1. The predicted octanol–water partition coefficient (Wildman–Crippen LogP) is 4.14. The first-order chi connectivity index (χ1) is 13.9. The molecule has 0 aromatic heterocycles. The Kier molecular flexibility index (Phi) is 5.89. The molecule has 0 saturated carbocycles. The number of carbonyl (C=O) groups is 2. The summed E-state index contributed by atoms with van der Waals surface area (Å²) in [6.07, 6.45) is 2.78. The molecule has 3 aromatic carbocycles. The van der Waals surface area contributed by atoms with E-state index in [0.717, 1.165) is 0 Å². The quantitative estimate of drug-likeness (QED) is 0.387. The summed E-state index contributed by atoms with van der Waals surface area (Å²) in [7, 11) is 0. The second kappa shape index (κ2) is 8.71. The fraction of sp³-hybridized carbons (Fsp3) is 0.